The molecule has 4 nitrogen and oxygen atoms in total. The van der Waals surface area contributed by atoms with Crippen LogP contribution in [-0.4, -0.2) is 18.1 Å². The highest BCUT2D eigenvalue weighted by Gasteiger charge is 2.13. The first-order valence-electron chi connectivity index (χ1n) is 6.11. The van der Waals surface area contributed by atoms with E-state index < -0.39 is 0 Å². The molecule has 0 atom stereocenters. The second-order valence-electron chi connectivity index (χ2n) is 4.09. The fourth-order valence-corrected chi connectivity index (χ4v) is 2.79. The number of amides is 2. The van der Waals surface area contributed by atoms with Gasteiger partial charge in [-0.25, -0.2) is 0 Å². The van der Waals surface area contributed by atoms with Gasteiger partial charge >= 0.3 is 0 Å². The van der Waals surface area contributed by atoms with E-state index in [4.69, 9.17) is 0 Å². The van der Waals surface area contributed by atoms with Crippen molar-refractivity contribution in [2.45, 2.75) is 4.90 Å². The molecule has 0 bridgehead atoms. The van der Waals surface area contributed by atoms with E-state index in [1.165, 1.54) is 11.8 Å². The van der Waals surface area contributed by atoms with Crippen LogP contribution in [0.2, 0.25) is 0 Å². The second-order valence-corrected chi connectivity index (χ2v) is 5.79. The topological polar surface area (TPSA) is 58.2 Å². The van der Waals surface area contributed by atoms with E-state index >= 15 is 0 Å². The van der Waals surface area contributed by atoms with Crippen LogP contribution >= 0.6 is 27.7 Å². The van der Waals surface area contributed by atoms with Crippen LogP contribution in [0.4, 0.5) is 0 Å². The summed E-state index contributed by atoms with van der Waals surface area (Å²) in [7, 11) is 0. The number of nitrogens with one attached hydrogen (secondary N) is 2. The number of thioether (sulfide) groups is 1. The number of hydrogen-bond donors (Lipinski definition) is 2. The van der Waals surface area contributed by atoms with E-state index in [1.807, 2.05) is 24.5 Å². The third kappa shape index (κ3) is 3.86. The molecule has 21 heavy (non-hydrogen) atoms. The molecular weight excluding hydrogens is 352 g/mol. The van der Waals surface area contributed by atoms with Crippen LogP contribution in [-0.2, 0) is 0 Å². The normalized spacial score (nSPS) is 10.0. The molecule has 6 heteroatoms. The lowest BCUT2D eigenvalue weighted by Gasteiger charge is -2.10. The van der Waals surface area contributed by atoms with Crippen molar-refractivity contribution in [2.75, 3.05) is 6.26 Å². The summed E-state index contributed by atoms with van der Waals surface area (Å²) >= 11 is 4.77. The number of carbonyl (C=O) groups is 2. The lowest BCUT2D eigenvalue weighted by Crippen LogP contribution is -2.41. The Bertz CT molecular complexity index is 676. The lowest BCUT2D eigenvalue weighted by molar-refractivity contribution is 0.0844. The Labute approximate surface area is 135 Å². The van der Waals surface area contributed by atoms with Gasteiger partial charge in [-0.1, -0.05) is 24.3 Å². The molecule has 0 spiro atoms. The van der Waals surface area contributed by atoms with Crippen molar-refractivity contribution in [3.05, 3.63) is 64.1 Å². The van der Waals surface area contributed by atoms with Crippen LogP contribution in [0.15, 0.2) is 57.9 Å². The summed E-state index contributed by atoms with van der Waals surface area (Å²) in [6.45, 7) is 0. The van der Waals surface area contributed by atoms with Gasteiger partial charge in [0.2, 0.25) is 0 Å². The van der Waals surface area contributed by atoms with Gasteiger partial charge in [0.25, 0.3) is 11.8 Å². The van der Waals surface area contributed by atoms with Crippen LogP contribution in [0.1, 0.15) is 20.7 Å². The summed E-state index contributed by atoms with van der Waals surface area (Å²) < 4.78 is 0.668. The summed E-state index contributed by atoms with van der Waals surface area (Å²) in [6, 6.07) is 14.2. The van der Waals surface area contributed by atoms with Gasteiger partial charge < -0.3 is 0 Å². The maximum absolute atomic E-state index is 12.1. The van der Waals surface area contributed by atoms with Crippen LogP contribution in [0.25, 0.3) is 0 Å². The molecule has 0 saturated carbocycles. The van der Waals surface area contributed by atoms with E-state index in [0.717, 1.165) is 4.90 Å². The fraction of sp³-hybridized carbons (Fsp3) is 0.0667. The number of carbonyl (C=O) groups excluding carboxylic acids is 2. The van der Waals surface area contributed by atoms with Crippen molar-refractivity contribution in [3.63, 3.8) is 0 Å². The first kappa shape index (κ1) is 15.6. The molecule has 2 aromatic carbocycles. The van der Waals surface area contributed by atoms with E-state index in [0.29, 0.717) is 15.6 Å². The quantitative estimate of drug-likeness (QED) is 0.649. The average molecular weight is 365 g/mol. The van der Waals surface area contributed by atoms with Gasteiger partial charge in [0.05, 0.1) is 11.1 Å². The first-order valence-corrected chi connectivity index (χ1v) is 8.13. The molecule has 0 heterocycles. The molecule has 0 aromatic heterocycles. The highest BCUT2D eigenvalue weighted by atomic mass is 79.9. The van der Waals surface area contributed by atoms with E-state index in [9.17, 15) is 9.59 Å². The number of benzene rings is 2. The van der Waals surface area contributed by atoms with Crippen LogP contribution in [0, 0.1) is 0 Å². The molecule has 2 N–H and O–H groups in total. The van der Waals surface area contributed by atoms with Gasteiger partial charge in [-0.05, 0) is 46.5 Å². The zero-order chi connectivity index (χ0) is 15.2. The van der Waals surface area contributed by atoms with Crippen molar-refractivity contribution in [1.82, 2.24) is 10.9 Å². The Hall–Kier alpha value is -1.79. The van der Waals surface area contributed by atoms with Gasteiger partial charge in [0.15, 0.2) is 0 Å². The molecule has 0 aliphatic rings. The summed E-state index contributed by atoms with van der Waals surface area (Å²) in [5, 5.41) is 0. The predicted octanol–water partition coefficient (Wildman–Crippen LogP) is 3.25. The van der Waals surface area contributed by atoms with Gasteiger partial charge in [0.1, 0.15) is 0 Å². The van der Waals surface area contributed by atoms with Crippen LogP contribution in [0.5, 0.6) is 0 Å². The van der Waals surface area contributed by atoms with Crippen molar-refractivity contribution in [2.24, 2.45) is 0 Å². The first-order chi connectivity index (χ1) is 10.1. The Morgan fingerprint density at radius 1 is 0.905 bits per heavy atom. The van der Waals surface area contributed by atoms with Crippen molar-refractivity contribution < 1.29 is 9.59 Å². The van der Waals surface area contributed by atoms with E-state index in [1.54, 1.807) is 30.3 Å². The summed E-state index contributed by atoms with van der Waals surface area (Å²) in [4.78, 5) is 24.9. The van der Waals surface area contributed by atoms with Gasteiger partial charge in [-0.2, -0.15) is 0 Å². The molecule has 2 amide bonds. The Kier molecular flexibility index (Phi) is 5.41. The molecule has 0 aliphatic carbocycles. The fourth-order valence-electron chi connectivity index (χ4n) is 1.73. The summed E-state index contributed by atoms with van der Waals surface area (Å²) in [6.07, 6.45) is 1.89. The monoisotopic (exact) mass is 364 g/mol. The Balaban J connectivity index is 2.05. The number of hydrazine groups is 1. The van der Waals surface area contributed by atoms with Crippen molar-refractivity contribution in [1.29, 1.82) is 0 Å². The van der Waals surface area contributed by atoms with Gasteiger partial charge in [-0.15, -0.1) is 11.8 Å². The summed E-state index contributed by atoms with van der Waals surface area (Å²) in [5.41, 5.74) is 5.82. The molecule has 108 valence electrons. The average Bonchev–Trinajstić information content (AvgIpc) is 2.52. The zero-order valence-electron chi connectivity index (χ0n) is 11.2. The van der Waals surface area contributed by atoms with E-state index in [2.05, 4.69) is 26.8 Å². The van der Waals surface area contributed by atoms with Crippen molar-refractivity contribution >= 4 is 39.5 Å². The standard InChI is InChI=1S/C15H13BrN2O2S/c1-21-13-9-5-3-7-11(13)15(20)18-17-14(19)10-6-2-4-8-12(10)16/h2-9H,1H3,(H,17,19)(H,18,20). The number of hydrogen-bond acceptors (Lipinski definition) is 3. The molecule has 0 aliphatic heterocycles. The summed E-state index contributed by atoms with van der Waals surface area (Å²) in [5.74, 6) is -0.724. The molecule has 0 unspecified atom stereocenters. The molecule has 0 saturated heterocycles. The van der Waals surface area contributed by atoms with Crippen molar-refractivity contribution in [3.8, 4) is 0 Å². The maximum Gasteiger partial charge on any atom is 0.270 e. The zero-order valence-corrected chi connectivity index (χ0v) is 13.6. The minimum Gasteiger partial charge on any atom is -0.267 e. The largest absolute Gasteiger partial charge is 0.270 e. The van der Waals surface area contributed by atoms with E-state index in [-0.39, 0.29) is 11.8 Å². The minimum atomic E-state index is -0.377. The van der Waals surface area contributed by atoms with Crippen LogP contribution in [0.3, 0.4) is 0 Å². The molecule has 0 fully saturated rings. The van der Waals surface area contributed by atoms with Crippen LogP contribution < -0.4 is 10.9 Å². The van der Waals surface area contributed by atoms with Gasteiger partial charge in [0, 0.05) is 9.37 Å². The predicted molar refractivity (Wildman–Crippen MR) is 87.3 cm³/mol. The SMILES string of the molecule is CSc1ccccc1C(=O)NNC(=O)c1ccccc1Br. The third-order valence-electron chi connectivity index (χ3n) is 2.76. The smallest absolute Gasteiger partial charge is 0.267 e. The van der Waals surface area contributed by atoms with Gasteiger partial charge in [-0.3, -0.25) is 20.4 Å². The number of rotatable bonds is 3. The highest BCUT2D eigenvalue weighted by molar-refractivity contribution is 9.10. The second kappa shape index (κ2) is 7.28. The Morgan fingerprint density at radius 3 is 2.05 bits per heavy atom. The highest BCUT2D eigenvalue weighted by Crippen LogP contribution is 2.19. The molecule has 0 radical (unpaired) electrons. The molecule has 2 rings (SSSR count). The molecule has 2 aromatic rings. The number of halogens is 1. The Morgan fingerprint density at radius 2 is 1.43 bits per heavy atom. The third-order valence-corrected chi connectivity index (χ3v) is 4.25. The molecular formula is C15H13BrN2O2S. The minimum absolute atomic E-state index is 0.347. The lowest BCUT2D eigenvalue weighted by atomic mass is 10.2. The maximum atomic E-state index is 12.1.